The Morgan fingerprint density at radius 1 is 1.30 bits per heavy atom. The van der Waals surface area contributed by atoms with Gasteiger partial charge in [-0.3, -0.25) is 4.79 Å². The van der Waals surface area contributed by atoms with Gasteiger partial charge in [-0.1, -0.05) is 31.2 Å². The van der Waals surface area contributed by atoms with Crippen molar-refractivity contribution in [3.63, 3.8) is 0 Å². The van der Waals surface area contributed by atoms with E-state index in [0.29, 0.717) is 0 Å². The summed E-state index contributed by atoms with van der Waals surface area (Å²) in [5, 5.41) is 8.73. The topological polar surface area (TPSA) is 77.1 Å². The van der Waals surface area contributed by atoms with Gasteiger partial charge in [-0.25, -0.2) is 4.79 Å². The molecule has 3 aromatic rings. The Morgan fingerprint density at radius 3 is 2.87 bits per heavy atom. The van der Waals surface area contributed by atoms with E-state index in [1.807, 2.05) is 42.6 Å². The molecule has 118 valence electrons. The average molecular weight is 329 g/mol. The summed E-state index contributed by atoms with van der Waals surface area (Å²) in [4.78, 5) is 24.7. The molecule has 0 atom stereocenters. The first-order chi connectivity index (χ1) is 11.2. The van der Waals surface area contributed by atoms with Crippen molar-refractivity contribution in [2.45, 2.75) is 19.9 Å². The minimum atomic E-state index is -0.646. The van der Waals surface area contributed by atoms with Crippen LogP contribution >= 0.6 is 11.3 Å². The highest BCUT2D eigenvalue weighted by molar-refractivity contribution is 7.13. The minimum Gasteiger partial charge on any atom is -0.387 e. The maximum absolute atomic E-state index is 12.1. The Labute approximate surface area is 136 Å². The van der Waals surface area contributed by atoms with Crippen LogP contribution in [0.15, 0.2) is 51.0 Å². The summed E-state index contributed by atoms with van der Waals surface area (Å²) in [6, 6.07) is 11.2. The van der Waals surface area contributed by atoms with Crippen molar-refractivity contribution in [3.8, 4) is 10.8 Å². The molecule has 1 N–H and O–H groups in total. The normalized spacial score (nSPS) is 10.7. The molecule has 7 heteroatoms. The van der Waals surface area contributed by atoms with E-state index < -0.39 is 5.76 Å². The van der Waals surface area contributed by atoms with Gasteiger partial charge in [-0.2, -0.15) is 4.68 Å². The lowest BCUT2D eigenvalue weighted by molar-refractivity contribution is -0.117. The Balaban J connectivity index is 1.75. The number of aromatic nitrogens is 2. The molecule has 0 radical (unpaired) electrons. The van der Waals surface area contributed by atoms with Gasteiger partial charge in [0, 0.05) is 5.69 Å². The number of nitrogens with zero attached hydrogens (tertiary/aromatic N) is 2. The molecule has 0 aliphatic heterocycles. The second-order valence-electron chi connectivity index (χ2n) is 4.87. The number of hydrogen-bond donors (Lipinski definition) is 1. The third-order valence-electron chi connectivity index (χ3n) is 3.30. The third kappa shape index (κ3) is 3.40. The van der Waals surface area contributed by atoms with Gasteiger partial charge >= 0.3 is 5.76 Å². The van der Waals surface area contributed by atoms with E-state index >= 15 is 0 Å². The standard InChI is InChI=1S/C16H15N3O3S/c1-2-11-6-3-4-7-12(11)17-14(20)10-19-16(21)22-15(18-19)13-8-5-9-23-13/h3-9H,2,10H2,1H3,(H,17,20). The lowest BCUT2D eigenvalue weighted by Gasteiger charge is -2.08. The fourth-order valence-corrected chi connectivity index (χ4v) is 2.83. The Kier molecular flexibility index (Phi) is 4.38. The molecule has 0 saturated carbocycles. The number of thiophene rings is 1. The van der Waals surface area contributed by atoms with Gasteiger partial charge in [0.2, 0.25) is 5.91 Å². The Morgan fingerprint density at radius 2 is 2.13 bits per heavy atom. The highest BCUT2D eigenvalue weighted by atomic mass is 32.1. The Bertz CT molecular complexity index is 865. The van der Waals surface area contributed by atoms with E-state index in [1.54, 1.807) is 6.07 Å². The van der Waals surface area contributed by atoms with Crippen molar-refractivity contribution in [3.05, 3.63) is 57.9 Å². The van der Waals surface area contributed by atoms with E-state index in [4.69, 9.17) is 4.42 Å². The fraction of sp³-hybridized carbons (Fsp3) is 0.188. The number of para-hydroxylation sites is 1. The molecule has 0 saturated heterocycles. The molecule has 1 aromatic carbocycles. The van der Waals surface area contributed by atoms with Gasteiger partial charge in [0.1, 0.15) is 6.54 Å². The van der Waals surface area contributed by atoms with Gasteiger partial charge in [0.05, 0.1) is 4.88 Å². The molecule has 2 heterocycles. The fourth-order valence-electron chi connectivity index (χ4n) is 2.18. The number of rotatable bonds is 5. The predicted molar refractivity (Wildman–Crippen MR) is 88.5 cm³/mol. The first-order valence-electron chi connectivity index (χ1n) is 7.17. The van der Waals surface area contributed by atoms with Crippen molar-refractivity contribution >= 4 is 22.9 Å². The summed E-state index contributed by atoms with van der Waals surface area (Å²) < 4.78 is 6.11. The molecule has 6 nitrogen and oxygen atoms in total. The maximum Gasteiger partial charge on any atom is 0.437 e. The van der Waals surface area contributed by atoms with E-state index in [1.165, 1.54) is 11.3 Å². The second-order valence-corrected chi connectivity index (χ2v) is 5.81. The molecule has 0 aliphatic rings. The molecule has 1 amide bonds. The molecule has 23 heavy (non-hydrogen) atoms. The smallest absolute Gasteiger partial charge is 0.387 e. The summed E-state index contributed by atoms with van der Waals surface area (Å²) in [5.41, 5.74) is 1.78. The number of aryl methyl sites for hydroxylation is 1. The first kappa shape index (κ1) is 15.2. The Hall–Kier alpha value is -2.67. The molecule has 0 bridgehead atoms. The molecule has 0 spiro atoms. The van der Waals surface area contributed by atoms with Gasteiger partial charge in [0.15, 0.2) is 0 Å². The van der Waals surface area contributed by atoms with E-state index in [-0.39, 0.29) is 18.3 Å². The van der Waals surface area contributed by atoms with Crippen molar-refractivity contribution in [2.75, 3.05) is 5.32 Å². The van der Waals surface area contributed by atoms with Crippen LogP contribution in [-0.4, -0.2) is 15.7 Å². The molecule has 0 unspecified atom stereocenters. The van der Waals surface area contributed by atoms with E-state index in [0.717, 1.165) is 27.2 Å². The van der Waals surface area contributed by atoms with E-state index in [2.05, 4.69) is 10.4 Å². The van der Waals surface area contributed by atoms with Gasteiger partial charge in [-0.15, -0.1) is 16.4 Å². The SMILES string of the molecule is CCc1ccccc1NC(=O)Cn1nc(-c2cccs2)oc1=O. The average Bonchev–Trinajstić information content (AvgIpc) is 3.18. The van der Waals surface area contributed by atoms with Gasteiger partial charge in [-0.05, 0) is 29.5 Å². The number of carbonyl (C=O) groups is 1. The minimum absolute atomic E-state index is 0.189. The zero-order chi connectivity index (χ0) is 16.2. The second kappa shape index (κ2) is 6.62. The molecule has 0 fully saturated rings. The van der Waals surface area contributed by atoms with E-state index in [9.17, 15) is 9.59 Å². The molecule has 3 rings (SSSR count). The van der Waals surface area contributed by atoms with Crippen LogP contribution in [0, 0.1) is 0 Å². The highest BCUT2D eigenvalue weighted by Crippen LogP contribution is 2.21. The summed E-state index contributed by atoms with van der Waals surface area (Å²) in [6.07, 6.45) is 0.808. The van der Waals surface area contributed by atoms with Crippen LogP contribution in [0.3, 0.4) is 0 Å². The summed E-state index contributed by atoms with van der Waals surface area (Å²) in [7, 11) is 0. The highest BCUT2D eigenvalue weighted by Gasteiger charge is 2.14. The van der Waals surface area contributed by atoms with Crippen LogP contribution in [0.1, 0.15) is 12.5 Å². The lowest BCUT2D eigenvalue weighted by atomic mass is 10.1. The summed E-state index contributed by atoms with van der Waals surface area (Å²) in [6.45, 7) is 1.83. The van der Waals surface area contributed by atoms with Crippen LogP contribution in [0.5, 0.6) is 0 Å². The largest absolute Gasteiger partial charge is 0.437 e. The number of anilines is 1. The number of hydrogen-bond acceptors (Lipinski definition) is 5. The summed E-state index contributed by atoms with van der Waals surface area (Å²) in [5.74, 6) is -0.738. The third-order valence-corrected chi connectivity index (χ3v) is 4.16. The molecule has 2 aromatic heterocycles. The quantitative estimate of drug-likeness (QED) is 0.781. The first-order valence-corrected chi connectivity index (χ1v) is 8.05. The van der Waals surface area contributed by atoms with Crippen LogP contribution in [-0.2, 0) is 17.8 Å². The number of amides is 1. The molecule has 0 aliphatic carbocycles. The molecular weight excluding hydrogens is 314 g/mol. The van der Waals surface area contributed by atoms with Crippen molar-refractivity contribution < 1.29 is 9.21 Å². The maximum atomic E-state index is 12.1. The number of carbonyl (C=O) groups excluding carboxylic acids is 1. The monoisotopic (exact) mass is 329 g/mol. The lowest BCUT2D eigenvalue weighted by Crippen LogP contribution is -2.26. The van der Waals surface area contributed by atoms with Crippen molar-refractivity contribution in [1.82, 2.24) is 9.78 Å². The van der Waals surface area contributed by atoms with Crippen LogP contribution < -0.4 is 11.1 Å². The van der Waals surface area contributed by atoms with Crippen LogP contribution in [0.2, 0.25) is 0 Å². The van der Waals surface area contributed by atoms with Gasteiger partial charge < -0.3 is 9.73 Å². The van der Waals surface area contributed by atoms with Crippen molar-refractivity contribution in [1.29, 1.82) is 0 Å². The number of benzene rings is 1. The predicted octanol–water partition coefficient (Wildman–Crippen LogP) is 2.77. The van der Waals surface area contributed by atoms with Crippen LogP contribution in [0.4, 0.5) is 5.69 Å². The molecular formula is C16H15N3O3S. The zero-order valence-electron chi connectivity index (χ0n) is 12.5. The van der Waals surface area contributed by atoms with Crippen LogP contribution in [0.25, 0.3) is 10.8 Å². The zero-order valence-corrected chi connectivity index (χ0v) is 13.3. The van der Waals surface area contributed by atoms with Crippen molar-refractivity contribution in [2.24, 2.45) is 0 Å². The van der Waals surface area contributed by atoms with Gasteiger partial charge in [0.25, 0.3) is 5.89 Å². The summed E-state index contributed by atoms with van der Waals surface area (Å²) >= 11 is 1.42. The number of nitrogens with one attached hydrogen (secondary N) is 1.